The number of hydrogen-bond donors (Lipinski definition) is 0. The maximum Gasteiger partial charge on any atom is 0.331 e. The van der Waals surface area contributed by atoms with Crippen LogP contribution < -0.4 is 0 Å². The molecule has 3 heteroatoms. The van der Waals surface area contributed by atoms with E-state index >= 15 is 0 Å². The molecule has 116 valence electrons. The third-order valence-electron chi connectivity index (χ3n) is 4.04. The molecule has 0 saturated heterocycles. The van der Waals surface area contributed by atoms with Gasteiger partial charge in [-0.2, -0.15) is 0 Å². The van der Waals surface area contributed by atoms with Crippen molar-refractivity contribution >= 4 is 11.8 Å². The van der Waals surface area contributed by atoms with Crippen molar-refractivity contribution in [1.29, 1.82) is 0 Å². The van der Waals surface area contributed by atoms with E-state index in [1.54, 1.807) is 6.08 Å². The lowest BCUT2D eigenvalue weighted by molar-refractivity contribution is -0.139. The Morgan fingerprint density at radius 3 is 2.57 bits per heavy atom. The van der Waals surface area contributed by atoms with Crippen LogP contribution in [0.5, 0.6) is 0 Å². The van der Waals surface area contributed by atoms with Crippen molar-refractivity contribution < 1.29 is 14.3 Å². The average Bonchev–Trinajstić information content (AvgIpc) is 2.99. The molecule has 0 aliphatic carbocycles. The predicted molar refractivity (Wildman–Crippen MR) is 88.3 cm³/mol. The van der Waals surface area contributed by atoms with Gasteiger partial charge in [0.25, 0.3) is 0 Å². The molecule has 1 aliphatic rings. The molecular weight excluding hydrogens is 288 g/mol. The first-order valence-corrected chi connectivity index (χ1v) is 7.67. The van der Waals surface area contributed by atoms with Crippen molar-refractivity contribution in [2.24, 2.45) is 0 Å². The lowest BCUT2D eigenvalue weighted by atomic mass is 9.87. The second-order valence-electron chi connectivity index (χ2n) is 5.77. The van der Waals surface area contributed by atoms with Crippen LogP contribution in [0.25, 0.3) is 0 Å². The summed E-state index contributed by atoms with van der Waals surface area (Å²) in [5.41, 5.74) is 2.75. The average molecular weight is 306 g/mol. The lowest BCUT2D eigenvalue weighted by Gasteiger charge is -2.22. The maximum absolute atomic E-state index is 12.7. The van der Waals surface area contributed by atoms with Gasteiger partial charge < -0.3 is 4.74 Å². The van der Waals surface area contributed by atoms with Gasteiger partial charge in [0, 0.05) is 24.0 Å². The molecule has 3 nitrogen and oxygen atoms in total. The second kappa shape index (κ2) is 6.61. The van der Waals surface area contributed by atoms with Gasteiger partial charge in [-0.25, -0.2) is 4.79 Å². The molecule has 0 spiro atoms. The molecule has 2 aromatic carbocycles. The zero-order valence-corrected chi connectivity index (χ0v) is 12.9. The van der Waals surface area contributed by atoms with Crippen LogP contribution in [0.3, 0.4) is 0 Å². The van der Waals surface area contributed by atoms with Crippen LogP contribution in [0.15, 0.2) is 66.7 Å². The summed E-state index contributed by atoms with van der Waals surface area (Å²) >= 11 is 0. The Kier molecular flexibility index (Phi) is 4.38. The lowest BCUT2D eigenvalue weighted by Crippen LogP contribution is -2.21. The van der Waals surface area contributed by atoms with Gasteiger partial charge in [-0.3, -0.25) is 4.79 Å². The Morgan fingerprint density at radius 2 is 1.91 bits per heavy atom. The van der Waals surface area contributed by atoms with Crippen molar-refractivity contribution in [3.8, 4) is 0 Å². The number of hydrogen-bond acceptors (Lipinski definition) is 3. The number of carbonyl (C=O) groups is 2. The molecule has 2 atom stereocenters. The zero-order valence-electron chi connectivity index (χ0n) is 12.9. The maximum atomic E-state index is 12.7. The van der Waals surface area contributed by atoms with Gasteiger partial charge in [0.1, 0.15) is 6.10 Å². The fourth-order valence-electron chi connectivity index (χ4n) is 2.86. The van der Waals surface area contributed by atoms with E-state index in [2.05, 4.69) is 0 Å². The third kappa shape index (κ3) is 3.57. The predicted octanol–water partition coefficient (Wildman–Crippen LogP) is 3.83. The Balaban J connectivity index is 1.85. The largest absolute Gasteiger partial charge is 0.454 e. The summed E-state index contributed by atoms with van der Waals surface area (Å²) in [5, 5.41) is 0. The second-order valence-corrected chi connectivity index (χ2v) is 5.77. The Hall–Kier alpha value is -2.68. The molecule has 0 radical (unpaired) electrons. The number of ketones is 1. The quantitative estimate of drug-likeness (QED) is 0.623. The highest BCUT2D eigenvalue weighted by molar-refractivity contribution is 5.97. The molecule has 0 N–H and O–H groups in total. The van der Waals surface area contributed by atoms with Gasteiger partial charge in [-0.15, -0.1) is 0 Å². The van der Waals surface area contributed by atoms with Crippen LogP contribution in [0.4, 0.5) is 0 Å². The van der Waals surface area contributed by atoms with Crippen LogP contribution >= 0.6 is 0 Å². The number of esters is 1. The fraction of sp³-hybridized carbons (Fsp3) is 0.200. The van der Waals surface area contributed by atoms with E-state index in [4.69, 9.17) is 4.74 Å². The van der Waals surface area contributed by atoms with Gasteiger partial charge in [-0.1, -0.05) is 54.1 Å². The minimum Gasteiger partial charge on any atom is -0.454 e. The van der Waals surface area contributed by atoms with Crippen LogP contribution in [0.1, 0.15) is 33.8 Å². The standard InChI is InChI=1S/C20H18O3/c1-14-6-5-9-16(12-14)18(21)13-17(15-7-3-2-4-8-15)19-10-11-20(22)23-19/h2-12,17,19H,13H2,1H3/t17-,19-/m0/s1. The summed E-state index contributed by atoms with van der Waals surface area (Å²) in [7, 11) is 0. The third-order valence-corrected chi connectivity index (χ3v) is 4.04. The topological polar surface area (TPSA) is 43.4 Å². The minimum atomic E-state index is -0.390. The molecule has 0 fully saturated rings. The Labute approximate surface area is 135 Å². The van der Waals surface area contributed by atoms with Crippen molar-refractivity contribution in [1.82, 2.24) is 0 Å². The summed E-state index contributed by atoms with van der Waals surface area (Å²) in [6.07, 6.45) is 3.08. The zero-order chi connectivity index (χ0) is 16.2. The molecule has 2 aromatic rings. The van der Waals surface area contributed by atoms with Gasteiger partial charge >= 0.3 is 5.97 Å². The number of benzene rings is 2. The molecule has 3 rings (SSSR count). The monoisotopic (exact) mass is 306 g/mol. The Bertz CT molecular complexity index is 746. The van der Waals surface area contributed by atoms with Gasteiger partial charge in [0.2, 0.25) is 0 Å². The van der Waals surface area contributed by atoms with Crippen LogP contribution in [-0.2, 0) is 9.53 Å². The summed E-state index contributed by atoms with van der Waals surface area (Å²) in [4.78, 5) is 24.1. The highest BCUT2D eigenvalue weighted by Gasteiger charge is 2.30. The number of cyclic esters (lactones) is 1. The highest BCUT2D eigenvalue weighted by atomic mass is 16.5. The van der Waals surface area contributed by atoms with E-state index < -0.39 is 6.10 Å². The Morgan fingerprint density at radius 1 is 1.13 bits per heavy atom. The number of ether oxygens (including phenoxy) is 1. The smallest absolute Gasteiger partial charge is 0.331 e. The van der Waals surface area contributed by atoms with Crippen molar-refractivity contribution in [3.63, 3.8) is 0 Å². The number of rotatable bonds is 5. The van der Waals surface area contributed by atoms with Gasteiger partial charge in [0.15, 0.2) is 5.78 Å². The normalized spacial score (nSPS) is 17.8. The van der Waals surface area contributed by atoms with E-state index in [1.807, 2.05) is 61.5 Å². The highest BCUT2D eigenvalue weighted by Crippen LogP contribution is 2.30. The van der Waals surface area contributed by atoms with Crippen molar-refractivity contribution in [2.75, 3.05) is 0 Å². The SMILES string of the molecule is Cc1cccc(C(=O)C[C@@H](c2ccccc2)[C@@H]2C=CC(=O)O2)c1. The first-order valence-electron chi connectivity index (χ1n) is 7.67. The molecular formula is C20H18O3. The van der Waals surface area contributed by atoms with E-state index in [0.717, 1.165) is 11.1 Å². The molecule has 0 saturated carbocycles. The molecule has 1 aliphatic heterocycles. The first kappa shape index (κ1) is 15.2. The summed E-state index contributed by atoms with van der Waals surface area (Å²) in [6.45, 7) is 1.97. The molecule has 0 aromatic heterocycles. The van der Waals surface area contributed by atoms with Crippen LogP contribution in [-0.4, -0.2) is 17.9 Å². The minimum absolute atomic E-state index is 0.0545. The van der Waals surface area contributed by atoms with Crippen LogP contribution in [0.2, 0.25) is 0 Å². The molecule has 1 heterocycles. The van der Waals surface area contributed by atoms with Crippen molar-refractivity contribution in [2.45, 2.75) is 25.4 Å². The number of carbonyl (C=O) groups excluding carboxylic acids is 2. The molecule has 0 bridgehead atoms. The molecule has 23 heavy (non-hydrogen) atoms. The summed E-state index contributed by atoms with van der Waals surface area (Å²) in [5.74, 6) is -0.468. The fourth-order valence-corrected chi connectivity index (χ4v) is 2.86. The van der Waals surface area contributed by atoms with Crippen LogP contribution in [0, 0.1) is 6.92 Å². The summed E-state index contributed by atoms with van der Waals surface area (Å²) in [6, 6.07) is 17.3. The first-order chi connectivity index (χ1) is 11.1. The van der Waals surface area contributed by atoms with E-state index in [0.29, 0.717) is 12.0 Å². The van der Waals surface area contributed by atoms with Gasteiger partial charge in [-0.05, 0) is 24.6 Å². The molecule has 0 unspecified atom stereocenters. The number of aryl methyl sites for hydroxylation is 1. The summed E-state index contributed by atoms with van der Waals surface area (Å²) < 4.78 is 5.34. The molecule has 0 amide bonds. The van der Waals surface area contributed by atoms with E-state index in [-0.39, 0.29) is 17.7 Å². The van der Waals surface area contributed by atoms with Crippen molar-refractivity contribution in [3.05, 3.63) is 83.4 Å². The van der Waals surface area contributed by atoms with E-state index in [1.165, 1.54) is 6.08 Å². The number of Topliss-reactive ketones (excluding diaryl/α,β-unsaturated/α-hetero) is 1. The van der Waals surface area contributed by atoms with E-state index in [9.17, 15) is 9.59 Å². The van der Waals surface area contributed by atoms with Gasteiger partial charge in [0.05, 0.1) is 0 Å².